The Bertz CT molecular complexity index is 160. The van der Waals surface area contributed by atoms with Crippen molar-refractivity contribution in [3.63, 3.8) is 0 Å². The maximum Gasteiger partial charge on any atom is 0.152 e. The molecule has 78 valence electrons. The molecule has 2 N–H and O–H groups in total. The number of carbonyl (C=O) groups excluding carboxylic acids is 1. The molecule has 1 atom stereocenters. The van der Waals surface area contributed by atoms with E-state index in [1.54, 1.807) is 0 Å². The molecule has 1 aliphatic carbocycles. The maximum atomic E-state index is 11.7. The Labute approximate surface area is 86.7 Å². The number of nitrogens with two attached hydrogens (primary N) is 1. The van der Waals surface area contributed by atoms with E-state index in [1.807, 2.05) is 13.8 Å². The van der Waals surface area contributed by atoms with Gasteiger partial charge in [0.05, 0.1) is 6.04 Å². The summed E-state index contributed by atoms with van der Waals surface area (Å²) in [6, 6.07) is -0.229. The number of halogens is 1. The van der Waals surface area contributed by atoms with E-state index in [2.05, 4.69) is 0 Å². The minimum absolute atomic E-state index is 0. The molecule has 2 nitrogen and oxygen atoms in total. The zero-order chi connectivity index (χ0) is 9.14. The van der Waals surface area contributed by atoms with E-state index < -0.39 is 0 Å². The minimum atomic E-state index is -0.229. The molecule has 1 unspecified atom stereocenters. The standard InChI is InChI=1S/C10H19NO.ClH/c1-7(2)9(11)10(12)8-5-3-4-6-8;/h7-9H,3-6,11H2,1-2H3;1H. The first-order valence-corrected chi connectivity index (χ1v) is 4.92. The highest BCUT2D eigenvalue weighted by Gasteiger charge is 2.28. The summed E-state index contributed by atoms with van der Waals surface area (Å²) in [5, 5.41) is 0. The molecule has 0 aromatic rings. The van der Waals surface area contributed by atoms with E-state index in [1.165, 1.54) is 12.8 Å². The Hall–Kier alpha value is -0.0800. The highest BCUT2D eigenvalue weighted by Crippen LogP contribution is 2.27. The second-order valence-corrected chi connectivity index (χ2v) is 4.15. The van der Waals surface area contributed by atoms with Crippen molar-refractivity contribution in [3.8, 4) is 0 Å². The summed E-state index contributed by atoms with van der Waals surface area (Å²) in [4.78, 5) is 11.7. The van der Waals surface area contributed by atoms with E-state index in [0.29, 0.717) is 5.78 Å². The molecule has 0 heterocycles. The largest absolute Gasteiger partial charge is 0.321 e. The number of hydrogen-bond acceptors (Lipinski definition) is 2. The van der Waals surface area contributed by atoms with Crippen molar-refractivity contribution in [3.05, 3.63) is 0 Å². The molecule has 1 saturated carbocycles. The lowest BCUT2D eigenvalue weighted by molar-refractivity contribution is -0.124. The van der Waals surface area contributed by atoms with Crippen LogP contribution in [0.3, 0.4) is 0 Å². The molecule has 1 fully saturated rings. The molecular weight excluding hydrogens is 186 g/mol. The fraction of sp³-hybridized carbons (Fsp3) is 0.900. The van der Waals surface area contributed by atoms with E-state index in [0.717, 1.165) is 12.8 Å². The topological polar surface area (TPSA) is 43.1 Å². The van der Waals surface area contributed by atoms with Crippen LogP contribution < -0.4 is 5.73 Å². The van der Waals surface area contributed by atoms with Crippen LogP contribution in [0.1, 0.15) is 39.5 Å². The summed E-state index contributed by atoms with van der Waals surface area (Å²) in [7, 11) is 0. The smallest absolute Gasteiger partial charge is 0.152 e. The lowest BCUT2D eigenvalue weighted by Crippen LogP contribution is -2.38. The highest BCUT2D eigenvalue weighted by atomic mass is 35.5. The molecule has 13 heavy (non-hydrogen) atoms. The quantitative estimate of drug-likeness (QED) is 0.768. The average Bonchev–Trinajstić information content (AvgIpc) is 2.53. The molecule has 0 spiro atoms. The molecule has 0 bridgehead atoms. The minimum Gasteiger partial charge on any atom is -0.321 e. The Kier molecular flexibility index (Phi) is 5.57. The van der Waals surface area contributed by atoms with Gasteiger partial charge in [0.2, 0.25) is 0 Å². The number of Topliss-reactive ketones (excluding diaryl/α,β-unsaturated/α-hetero) is 1. The molecule has 1 aliphatic rings. The number of ketones is 1. The van der Waals surface area contributed by atoms with Crippen molar-refractivity contribution in [2.75, 3.05) is 0 Å². The third-order valence-electron chi connectivity index (χ3n) is 2.80. The highest BCUT2D eigenvalue weighted by molar-refractivity contribution is 5.86. The van der Waals surface area contributed by atoms with Crippen molar-refractivity contribution in [2.45, 2.75) is 45.6 Å². The van der Waals surface area contributed by atoms with Crippen LogP contribution in [-0.4, -0.2) is 11.8 Å². The normalized spacial score (nSPS) is 20.0. The van der Waals surface area contributed by atoms with Crippen molar-refractivity contribution in [1.29, 1.82) is 0 Å². The van der Waals surface area contributed by atoms with Crippen LogP contribution >= 0.6 is 12.4 Å². The second-order valence-electron chi connectivity index (χ2n) is 4.15. The third kappa shape index (κ3) is 3.28. The fourth-order valence-corrected chi connectivity index (χ4v) is 1.81. The van der Waals surface area contributed by atoms with E-state index >= 15 is 0 Å². The zero-order valence-electron chi connectivity index (χ0n) is 8.45. The Morgan fingerprint density at radius 1 is 1.31 bits per heavy atom. The summed E-state index contributed by atoms with van der Waals surface area (Å²) in [6.45, 7) is 4.02. The fourth-order valence-electron chi connectivity index (χ4n) is 1.81. The number of rotatable bonds is 3. The van der Waals surface area contributed by atoms with Crippen LogP contribution in [0.15, 0.2) is 0 Å². The lowest BCUT2D eigenvalue weighted by Gasteiger charge is -2.17. The van der Waals surface area contributed by atoms with Crippen LogP contribution in [-0.2, 0) is 4.79 Å². The molecule has 0 saturated heterocycles. The van der Waals surface area contributed by atoms with Gasteiger partial charge in [-0.3, -0.25) is 4.79 Å². The van der Waals surface area contributed by atoms with E-state index in [-0.39, 0.29) is 30.3 Å². The Balaban J connectivity index is 0.00000144. The summed E-state index contributed by atoms with van der Waals surface area (Å²) >= 11 is 0. The average molecular weight is 206 g/mol. The van der Waals surface area contributed by atoms with Gasteiger partial charge in [0.25, 0.3) is 0 Å². The molecule has 0 aromatic heterocycles. The van der Waals surface area contributed by atoms with E-state index in [9.17, 15) is 4.79 Å². The van der Waals surface area contributed by atoms with Crippen LogP contribution in [0.25, 0.3) is 0 Å². The van der Waals surface area contributed by atoms with Gasteiger partial charge in [-0.05, 0) is 18.8 Å². The molecular formula is C10H20ClNO. The van der Waals surface area contributed by atoms with Gasteiger partial charge in [-0.2, -0.15) is 0 Å². The summed E-state index contributed by atoms with van der Waals surface area (Å²) in [5.74, 6) is 0.864. The van der Waals surface area contributed by atoms with Crippen LogP contribution in [0.5, 0.6) is 0 Å². The van der Waals surface area contributed by atoms with Gasteiger partial charge in [-0.15, -0.1) is 12.4 Å². The number of hydrogen-bond donors (Lipinski definition) is 1. The lowest BCUT2D eigenvalue weighted by atomic mass is 9.91. The van der Waals surface area contributed by atoms with Crippen molar-refractivity contribution < 1.29 is 4.79 Å². The predicted molar refractivity (Wildman–Crippen MR) is 57.0 cm³/mol. The third-order valence-corrected chi connectivity index (χ3v) is 2.80. The Morgan fingerprint density at radius 2 is 1.77 bits per heavy atom. The first-order chi connectivity index (χ1) is 5.63. The Morgan fingerprint density at radius 3 is 2.15 bits per heavy atom. The van der Waals surface area contributed by atoms with Gasteiger partial charge in [-0.25, -0.2) is 0 Å². The predicted octanol–water partition coefficient (Wildman–Crippen LogP) is 2.15. The second kappa shape index (κ2) is 5.61. The van der Waals surface area contributed by atoms with Crippen molar-refractivity contribution in [1.82, 2.24) is 0 Å². The molecule has 0 aromatic carbocycles. The summed E-state index contributed by atoms with van der Waals surface area (Å²) < 4.78 is 0. The zero-order valence-corrected chi connectivity index (χ0v) is 9.27. The summed E-state index contributed by atoms with van der Waals surface area (Å²) in [5.41, 5.74) is 5.79. The molecule has 0 amide bonds. The van der Waals surface area contributed by atoms with Gasteiger partial charge in [0, 0.05) is 5.92 Å². The van der Waals surface area contributed by atoms with Gasteiger partial charge < -0.3 is 5.73 Å². The van der Waals surface area contributed by atoms with Gasteiger partial charge >= 0.3 is 0 Å². The SMILES string of the molecule is CC(C)C(N)C(=O)C1CCCC1.Cl. The van der Waals surface area contributed by atoms with Crippen LogP contribution in [0.2, 0.25) is 0 Å². The molecule has 0 radical (unpaired) electrons. The van der Waals surface area contributed by atoms with Gasteiger partial charge in [-0.1, -0.05) is 26.7 Å². The summed E-state index contributed by atoms with van der Waals surface area (Å²) in [6.07, 6.45) is 4.56. The molecule has 3 heteroatoms. The molecule has 1 rings (SSSR count). The van der Waals surface area contributed by atoms with E-state index in [4.69, 9.17) is 5.73 Å². The van der Waals surface area contributed by atoms with Crippen LogP contribution in [0.4, 0.5) is 0 Å². The first-order valence-electron chi connectivity index (χ1n) is 4.92. The van der Waals surface area contributed by atoms with Gasteiger partial charge in [0.1, 0.15) is 0 Å². The van der Waals surface area contributed by atoms with Crippen molar-refractivity contribution in [2.24, 2.45) is 17.6 Å². The maximum absolute atomic E-state index is 11.7. The van der Waals surface area contributed by atoms with Crippen LogP contribution in [0, 0.1) is 11.8 Å². The first kappa shape index (κ1) is 12.9. The van der Waals surface area contributed by atoms with Gasteiger partial charge in [0.15, 0.2) is 5.78 Å². The molecule has 0 aliphatic heterocycles. The van der Waals surface area contributed by atoms with Crippen molar-refractivity contribution >= 4 is 18.2 Å². The number of carbonyl (C=O) groups is 1. The monoisotopic (exact) mass is 205 g/mol.